The van der Waals surface area contributed by atoms with Crippen LogP contribution in [-0.4, -0.2) is 51.7 Å². The first kappa shape index (κ1) is 22.8. The van der Waals surface area contributed by atoms with Crippen LogP contribution in [0.3, 0.4) is 0 Å². The lowest BCUT2D eigenvalue weighted by molar-refractivity contribution is -0.136. The van der Waals surface area contributed by atoms with Gasteiger partial charge < -0.3 is 4.90 Å². The SMILES string of the molecule is CC(C(=O)N1CCN(Cc2ccccc2Cl)CC1)n1nc(C(F)F)c(Cl)c1C(F)F. The summed E-state index contributed by atoms with van der Waals surface area (Å²) in [5.74, 6) is -0.478. The minimum atomic E-state index is -3.14. The van der Waals surface area contributed by atoms with Crippen LogP contribution in [0.1, 0.15) is 42.8 Å². The molecule has 1 saturated heterocycles. The fourth-order valence-electron chi connectivity index (χ4n) is 3.44. The Balaban J connectivity index is 1.68. The molecule has 0 N–H and O–H groups in total. The Labute approximate surface area is 181 Å². The molecule has 30 heavy (non-hydrogen) atoms. The highest BCUT2D eigenvalue weighted by Crippen LogP contribution is 2.36. The Kier molecular flexibility index (Phi) is 7.26. The maximum atomic E-state index is 13.4. The van der Waals surface area contributed by atoms with E-state index >= 15 is 0 Å². The standard InChI is InChI=1S/C19H20Cl2F4N4O/c1-11(29-16(18(24)25)14(21)15(26-29)17(22)23)19(30)28-8-6-27(7-9-28)10-12-4-2-3-5-13(12)20/h2-5,11,17-18H,6-10H2,1H3. The number of halogens is 6. The van der Waals surface area contributed by atoms with Gasteiger partial charge in [0.25, 0.3) is 12.9 Å². The second-order valence-corrected chi connectivity index (χ2v) is 7.78. The zero-order chi connectivity index (χ0) is 22.0. The van der Waals surface area contributed by atoms with E-state index in [0.29, 0.717) is 42.4 Å². The van der Waals surface area contributed by atoms with E-state index in [4.69, 9.17) is 23.2 Å². The molecular formula is C19H20Cl2F4N4O. The molecule has 2 aromatic rings. The number of amides is 1. The van der Waals surface area contributed by atoms with E-state index < -0.39 is 41.2 Å². The number of aromatic nitrogens is 2. The number of carbonyl (C=O) groups is 1. The number of nitrogens with zero attached hydrogens (tertiary/aromatic N) is 4. The topological polar surface area (TPSA) is 41.4 Å². The average molecular weight is 467 g/mol. The van der Waals surface area contributed by atoms with Crippen LogP contribution in [0, 0.1) is 0 Å². The maximum absolute atomic E-state index is 13.4. The number of carbonyl (C=O) groups excluding carboxylic acids is 1. The van der Waals surface area contributed by atoms with E-state index in [1.54, 1.807) is 0 Å². The fourth-order valence-corrected chi connectivity index (χ4v) is 3.92. The molecule has 1 unspecified atom stereocenters. The Morgan fingerprint density at radius 1 is 1.07 bits per heavy atom. The first-order valence-corrected chi connectivity index (χ1v) is 10.0. The van der Waals surface area contributed by atoms with Crippen LogP contribution in [0.4, 0.5) is 17.6 Å². The van der Waals surface area contributed by atoms with Gasteiger partial charge in [-0.1, -0.05) is 41.4 Å². The van der Waals surface area contributed by atoms with E-state index in [9.17, 15) is 22.4 Å². The summed E-state index contributed by atoms with van der Waals surface area (Å²) in [5, 5.41) is 3.37. The first-order chi connectivity index (χ1) is 14.2. The molecule has 1 aromatic carbocycles. The van der Waals surface area contributed by atoms with Crippen LogP contribution in [0.5, 0.6) is 0 Å². The summed E-state index contributed by atoms with van der Waals surface area (Å²) in [7, 11) is 0. The summed E-state index contributed by atoms with van der Waals surface area (Å²) in [6.45, 7) is 3.84. The van der Waals surface area contributed by atoms with E-state index in [0.717, 1.165) is 5.56 Å². The molecule has 0 radical (unpaired) electrons. The molecular weight excluding hydrogens is 447 g/mol. The Morgan fingerprint density at radius 2 is 1.70 bits per heavy atom. The monoisotopic (exact) mass is 466 g/mol. The van der Waals surface area contributed by atoms with Crippen molar-refractivity contribution in [1.82, 2.24) is 19.6 Å². The average Bonchev–Trinajstić information content (AvgIpc) is 3.07. The van der Waals surface area contributed by atoms with Crippen molar-refractivity contribution < 1.29 is 22.4 Å². The summed E-state index contributed by atoms with van der Waals surface area (Å²) in [5.41, 5.74) is -0.846. The van der Waals surface area contributed by atoms with Crippen LogP contribution in [-0.2, 0) is 11.3 Å². The molecule has 2 heterocycles. The highest BCUT2D eigenvalue weighted by Gasteiger charge is 2.34. The highest BCUT2D eigenvalue weighted by atomic mass is 35.5. The van der Waals surface area contributed by atoms with Crippen molar-refractivity contribution in [2.45, 2.75) is 32.4 Å². The Hall–Kier alpha value is -1.84. The predicted octanol–water partition coefficient (Wildman–Crippen LogP) is 4.97. The number of rotatable bonds is 6. The van der Waals surface area contributed by atoms with Gasteiger partial charge in [-0.3, -0.25) is 9.69 Å². The van der Waals surface area contributed by atoms with E-state index in [1.807, 2.05) is 24.3 Å². The molecule has 1 aliphatic rings. The van der Waals surface area contributed by atoms with Crippen molar-refractivity contribution in [3.63, 3.8) is 0 Å². The van der Waals surface area contributed by atoms with Crippen molar-refractivity contribution >= 4 is 29.1 Å². The van der Waals surface area contributed by atoms with Crippen molar-refractivity contribution in [1.29, 1.82) is 0 Å². The second kappa shape index (κ2) is 9.53. The molecule has 3 rings (SSSR count). The van der Waals surface area contributed by atoms with Gasteiger partial charge >= 0.3 is 0 Å². The summed E-state index contributed by atoms with van der Waals surface area (Å²) >= 11 is 11.9. The normalized spacial score (nSPS) is 16.5. The smallest absolute Gasteiger partial charge is 0.283 e. The molecule has 1 amide bonds. The molecule has 5 nitrogen and oxygen atoms in total. The first-order valence-electron chi connectivity index (χ1n) is 9.29. The van der Waals surface area contributed by atoms with Crippen LogP contribution in [0.25, 0.3) is 0 Å². The molecule has 1 fully saturated rings. The van der Waals surface area contributed by atoms with Crippen LogP contribution in [0.2, 0.25) is 10.0 Å². The summed E-state index contributed by atoms with van der Waals surface area (Å²) < 4.78 is 53.5. The van der Waals surface area contributed by atoms with E-state index in [-0.39, 0.29) is 0 Å². The molecule has 1 aliphatic heterocycles. The lowest BCUT2D eigenvalue weighted by atomic mass is 10.2. The van der Waals surface area contributed by atoms with Gasteiger partial charge in [0.2, 0.25) is 5.91 Å². The predicted molar refractivity (Wildman–Crippen MR) is 105 cm³/mol. The maximum Gasteiger partial charge on any atom is 0.283 e. The van der Waals surface area contributed by atoms with Gasteiger partial charge in [-0.15, -0.1) is 0 Å². The van der Waals surface area contributed by atoms with Crippen molar-refractivity contribution in [2.75, 3.05) is 26.2 Å². The minimum Gasteiger partial charge on any atom is -0.338 e. The zero-order valence-electron chi connectivity index (χ0n) is 16.0. The number of benzene rings is 1. The molecule has 0 bridgehead atoms. The van der Waals surface area contributed by atoms with Gasteiger partial charge in [-0.05, 0) is 18.6 Å². The number of piperazine rings is 1. The van der Waals surface area contributed by atoms with Gasteiger partial charge in [-0.2, -0.15) is 5.10 Å². The van der Waals surface area contributed by atoms with Crippen molar-refractivity contribution in [2.24, 2.45) is 0 Å². The van der Waals surface area contributed by atoms with Crippen LogP contribution in [0.15, 0.2) is 24.3 Å². The third-order valence-electron chi connectivity index (χ3n) is 5.09. The van der Waals surface area contributed by atoms with Gasteiger partial charge in [0.05, 0.1) is 5.02 Å². The molecule has 1 aromatic heterocycles. The van der Waals surface area contributed by atoms with Gasteiger partial charge in [0.1, 0.15) is 17.4 Å². The molecule has 1 atom stereocenters. The Bertz CT molecular complexity index is 901. The fraction of sp³-hybridized carbons (Fsp3) is 0.474. The summed E-state index contributed by atoms with van der Waals surface area (Å²) in [6.07, 6.45) is -6.26. The lowest BCUT2D eigenvalue weighted by Crippen LogP contribution is -2.50. The summed E-state index contributed by atoms with van der Waals surface area (Å²) in [4.78, 5) is 16.5. The van der Waals surface area contributed by atoms with Crippen molar-refractivity contribution in [3.8, 4) is 0 Å². The third-order valence-corrected chi connectivity index (χ3v) is 5.84. The van der Waals surface area contributed by atoms with Gasteiger partial charge in [0, 0.05) is 37.7 Å². The number of alkyl halides is 4. The molecule has 164 valence electrons. The zero-order valence-corrected chi connectivity index (χ0v) is 17.6. The second-order valence-electron chi connectivity index (χ2n) is 7.00. The molecule has 0 saturated carbocycles. The highest BCUT2D eigenvalue weighted by molar-refractivity contribution is 6.32. The molecule has 0 spiro atoms. The summed E-state index contributed by atoms with van der Waals surface area (Å²) in [6, 6.07) is 6.29. The van der Waals surface area contributed by atoms with Crippen molar-refractivity contribution in [3.05, 3.63) is 51.3 Å². The van der Waals surface area contributed by atoms with E-state index in [1.165, 1.54) is 11.8 Å². The van der Waals surface area contributed by atoms with E-state index in [2.05, 4.69) is 10.00 Å². The van der Waals surface area contributed by atoms with Crippen LogP contribution >= 0.6 is 23.2 Å². The quantitative estimate of drug-likeness (QED) is 0.564. The third kappa shape index (κ3) is 4.73. The molecule has 11 heteroatoms. The largest absolute Gasteiger partial charge is 0.338 e. The lowest BCUT2D eigenvalue weighted by Gasteiger charge is -2.36. The van der Waals surface area contributed by atoms with Crippen LogP contribution < -0.4 is 0 Å². The van der Waals surface area contributed by atoms with Gasteiger partial charge in [0.15, 0.2) is 0 Å². The van der Waals surface area contributed by atoms with Gasteiger partial charge in [-0.25, -0.2) is 22.2 Å². The minimum absolute atomic E-state index is 0.369. The Morgan fingerprint density at radius 3 is 2.27 bits per heavy atom. The number of hydrogen-bond donors (Lipinski definition) is 0. The molecule has 0 aliphatic carbocycles. The number of hydrogen-bond acceptors (Lipinski definition) is 3.